The van der Waals surface area contributed by atoms with E-state index in [9.17, 15) is 0 Å². The average molecular weight is 320 g/mol. The lowest BCUT2D eigenvalue weighted by Gasteiger charge is -2.13. The number of aryl methyl sites for hydroxylation is 1. The minimum absolute atomic E-state index is 1.08. The molecule has 0 amide bonds. The van der Waals surface area contributed by atoms with Gasteiger partial charge in [0.25, 0.3) is 0 Å². The Morgan fingerprint density at radius 2 is 1.44 bits per heavy atom. The normalized spacial score (nSPS) is 13.3. The third-order valence-corrected chi connectivity index (χ3v) is 5.31. The van der Waals surface area contributed by atoms with E-state index in [2.05, 4.69) is 86.7 Å². The molecule has 0 N–H and O–H groups in total. The second-order valence-corrected chi connectivity index (χ2v) is 7.28. The molecule has 0 fully saturated rings. The highest BCUT2D eigenvalue weighted by Gasteiger charge is 2.17. The van der Waals surface area contributed by atoms with E-state index in [1.165, 1.54) is 54.9 Å². The number of allylic oxidation sites excluding steroid dienone is 1. The first-order valence-corrected chi connectivity index (χ1v) is 8.92. The van der Waals surface area contributed by atoms with E-state index >= 15 is 0 Å². The van der Waals surface area contributed by atoms with Crippen molar-refractivity contribution in [2.45, 2.75) is 20.3 Å². The Kier molecular flexibility index (Phi) is 3.08. The Labute approximate surface area is 148 Å². The van der Waals surface area contributed by atoms with Crippen molar-refractivity contribution in [1.29, 1.82) is 0 Å². The van der Waals surface area contributed by atoms with Crippen molar-refractivity contribution in [3.05, 3.63) is 89.0 Å². The van der Waals surface area contributed by atoms with Gasteiger partial charge in [-0.1, -0.05) is 71.8 Å². The Morgan fingerprint density at radius 1 is 0.680 bits per heavy atom. The van der Waals surface area contributed by atoms with E-state index in [0.29, 0.717) is 0 Å². The molecule has 4 aromatic carbocycles. The van der Waals surface area contributed by atoms with Gasteiger partial charge in [0.1, 0.15) is 0 Å². The smallest absolute Gasteiger partial charge is 0.00603 e. The van der Waals surface area contributed by atoms with Gasteiger partial charge < -0.3 is 0 Å². The first-order chi connectivity index (χ1) is 12.2. The second kappa shape index (κ2) is 5.32. The van der Waals surface area contributed by atoms with E-state index in [-0.39, 0.29) is 0 Å². The molecule has 4 aromatic rings. The molecule has 1 aliphatic rings. The summed E-state index contributed by atoms with van der Waals surface area (Å²) in [6.07, 6.45) is 3.45. The molecule has 0 spiro atoms. The van der Waals surface area contributed by atoms with Crippen LogP contribution in [0.3, 0.4) is 0 Å². The molecule has 0 atom stereocenters. The Bertz CT molecular complexity index is 1180. The first-order valence-electron chi connectivity index (χ1n) is 8.92. The third kappa shape index (κ3) is 2.29. The lowest BCUT2D eigenvalue weighted by atomic mass is 9.90. The molecule has 0 unspecified atom stereocenters. The molecular formula is C25H20. The van der Waals surface area contributed by atoms with Crippen LogP contribution in [0.15, 0.2) is 72.3 Å². The Balaban J connectivity index is 1.87. The maximum atomic E-state index is 2.37. The molecule has 0 aromatic heterocycles. The van der Waals surface area contributed by atoms with Crippen molar-refractivity contribution in [3.63, 3.8) is 0 Å². The van der Waals surface area contributed by atoms with Crippen LogP contribution in [0.4, 0.5) is 0 Å². The summed E-state index contributed by atoms with van der Waals surface area (Å²) in [6.45, 7) is 4.44. The fraction of sp³-hybridized carbons (Fsp3) is 0.120. The van der Waals surface area contributed by atoms with E-state index in [4.69, 9.17) is 0 Å². The van der Waals surface area contributed by atoms with Gasteiger partial charge in [-0.3, -0.25) is 0 Å². The third-order valence-electron chi connectivity index (χ3n) is 5.31. The highest BCUT2D eigenvalue weighted by molar-refractivity contribution is 6.06. The molecule has 0 radical (unpaired) electrons. The van der Waals surface area contributed by atoms with Gasteiger partial charge in [0, 0.05) is 0 Å². The van der Waals surface area contributed by atoms with Crippen LogP contribution in [0.2, 0.25) is 0 Å². The van der Waals surface area contributed by atoms with Crippen molar-refractivity contribution >= 4 is 27.6 Å². The Morgan fingerprint density at radius 3 is 2.28 bits per heavy atom. The van der Waals surface area contributed by atoms with Crippen LogP contribution in [0.25, 0.3) is 38.7 Å². The highest BCUT2D eigenvalue weighted by atomic mass is 14.2. The van der Waals surface area contributed by atoms with Crippen LogP contribution in [0.5, 0.6) is 0 Å². The van der Waals surface area contributed by atoms with Gasteiger partial charge in [0.2, 0.25) is 0 Å². The summed E-state index contributed by atoms with van der Waals surface area (Å²) in [7, 11) is 0. The van der Waals surface area contributed by atoms with Gasteiger partial charge in [-0.25, -0.2) is 0 Å². The summed E-state index contributed by atoms with van der Waals surface area (Å²) in [5.74, 6) is 0. The van der Waals surface area contributed by atoms with E-state index < -0.39 is 0 Å². The van der Waals surface area contributed by atoms with Crippen LogP contribution in [-0.2, 0) is 6.42 Å². The van der Waals surface area contributed by atoms with Crippen LogP contribution < -0.4 is 0 Å². The molecule has 0 saturated heterocycles. The molecule has 120 valence electrons. The van der Waals surface area contributed by atoms with Gasteiger partial charge in [-0.05, 0) is 76.2 Å². The quantitative estimate of drug-likeness (QED) is 0.334. The largest absolute Gasteiger partial charge is 0.0683 e. The number of hydrogen-bond acceptors (Lipinski definition) is 0. The minimum Gasteiger partial charge on any atom is -0.0683 e. The molecule has 0 saturated carbocycles. The van der Waals surface area contributed by atoms with Gasteiger partial charge in [-0.2, -0.15) is 0 Å². The van der Waals surface area contributed by atoms with Crippen LogP contribution in [0.1, 0.15) is 23.6 Å². The topological polar surface area (TPSA) is 0 Å². The maximum Gasteiger partial charge on any atom is -0.00603 e. The summed E-state index contributed by atoms with van der Waals surface area (Å²) in [5, 5.41) is 5.26. The fourth-order valence-electron chi connectivity index (χ4n) is 4.21. The standard InChI is InChI=1S/C25H20/c1-16-10-21-11-17(2)13-25(23(21)12-16)22-9-5-8-20-14-18-6-3-4-7-19(18)15-24(20)22/h3-9,11-15H,10H2,1-2H3. The van der Waals surface area contributed by atoms with E-state index in [0.717, 1.165) is 6.42 Å². The molecule has 5 rings (SSSR count). The Hall–Kier alpha value is -2.86. The highest BCUT2D eigenvalue weighted by Crippen LogP contribution is 2.39. The van der Waals surface area contributed by atoms with Crippen LogP contribution in [-0.4, -0.2) is 0 Å². The predicted octanol–water partition coefficient (Wildman–Crippen LogP) is 6.93. The van der Waals surface area contributed by atoms with E-state index in [1.54, 1.807) is 0 Å². The molecular weight excluding hydrogens is 300 g/mol. The lowest BCUT2D eigenvalue weighted by Crippen LogP contribution is -1.91. The zero-order valence-electron chi connectivity index (χ0n) is 14.6. The summed E-state index contributed by atoms with van der Waals surface area (Å²) in [4.78, 5) is 0. The van der Waals surface area contributed by atoms with Crippen molar-refractivity contribution in [3.8, 4) is 11.1 Å². The predicted molar refractivity (Wildman–Crippen MR) is 109 cm³/mol. The first kappa shape index (κ1) is 14.5. The average Bonchev–Trinajstić information content (AvgIpc) is 2.98. The molecule has 0 heteroatoms. The zero-order valence-corrected chi connectivity index (χ0v) is 14.6. The van der Waals surface area contributed by atoms with Crippen molar-refractivity contribution in [1.82, 2.24) is 0 Å². The molecule has 0 nitrogen and oxygen atoms in total. The number of fused-ring (bicyclic) bond motifs is 3. The minimum atomic E-state index is 1.08. The molecule has 1 aliphatic carbocycles. The summed E-state index contributed by atoms with van der Waals surface area (Å²) in [5.41, 5.74) is 8.37. The number of rotatable bonds is 1. The summed E-state index contributed by atoms with van der Waals surface area (Å²) >= 11 is 0. The van der Waals surface area contributed by atoms with Gasteiger partial charge in [0.15, 0.2) is 0 Å². The van der Waals surface area contributed by atoms with Crippen molar-refractivity contribution < 1.29 is 0 Å². The van der Waals surface area contributed by atoms with Crippen molar-refractivity contribution in [2.24, 2.45) is 0 Å². The van der Waals surface area contributed by atoms with E-state index in [1.807, 2.05) is 0 Å². The monoisotopic (exact) mass is 320 g/mol. The number of hydrogen-bond donors (Lipinski definition) is 0. The summed E-state index contributed by atoms with van der Waals surface area (Å²) < 4.78 is 0. The van der Waals surface area contributed by atoms with Crippen LogP contribution in [0, 0.1) is 6.92 Å². The van der Waals surface area contributed by atoms with Gasteiger partial charge in [-0.15, -0.1) is 0 Å². The molecule has 25 heavy (non-hydrogen) atoms. The lowest BCUT2D eigenvalue weighted by molar-refractivity contribution is 1.19. The molecule has 0 aliphatic heterocycles. The molecule has 0 bridgehead atoms. The van der Waals surface area contributed by atoms with Crippen LogP contribution >= 0.6 is 0 Å². The van der Waals surface area contributed by atoms with Gasteiger partial charge >= 0.3 is 0 Å². The second-order valence-electron chi connectivity index (χ2n) is 7.28. The zero-order chi connectivity index (χ0) is 17.0. The maximum absolute atomic E-state index is 2.37. The van der Waals surface area contributed by atoms with Gasteiger partial charge in [0.05, 0.1) is 0 Å². The number of benzene rings is 4. The fourth-order valence-corrected chi connectivity index (χ4v) is 4.21. The SMILES string of the molecule is CC1=Cc2c(cc(C)cc2-c2cccc3cc4ccccc4cc23)C1. The summed E-state index contributed by atoms with van der Waals surface area (Å²) in [6, 6.07) is 24.7. The van der Waals surface area contributed by atoms with Crippen molar-refractivity contribution in [2.75, 3.05) is 0 Å². The molecule has 0 heterocycles.